The van der Waals surface area contributed by atoms with Gasteiger partial charge in [-0.2, -0.15) is 0 Å². The Morgan fingerprint density at radius 3 is 2.43 bits per heavy atom. The number of carbonyl (C=O) groups excluding carboxylic acids is 1. The Kier molecular flexibility index (Phi) is 4.85. The van der Waals surface area contributed by atoms with Gasteiger partial charge in [0.15, 0.2) is 0 Å². The average Bonchev–Trinajstić information content (AvgIpc) is 3.20. The lowest BCUT2D eigenvalue weighted by atomic mass is 9.53. The number of pyridine rings is 1. The highest BCUT2D eigenvalue weighted by Gasteiger charge is 2.51. The van der Waals surface area contributed by atoms with Crippen LogP contribution in [-0.2, 0) is 6.54 Å². The number of rotatable bonds is 6. The largest absolute Gasteiger partial charge is 0.468 e. The predicted octanol–water partition coefficient (Wildman–Crippen LogP) is 3.86. The molecular weight excluding hydrogens is 378 g/mol. The molecule has 4 aliphatic rings. The second-order valence-corrected chi connectivity index (χ2v) is 9.98. The summed E-state index contributed by atoms with van der Waals surface area (Å²) in [5, 5.41) is 3.30. The number of aromatic amines is 1. The van der Waals surface area contributed by atoms with Gasteiger partial charge in [-0.3, -0.25) is 14.5 Å². The highest BCUT2D eigenvalue weighted by atomic mass is 16.3. The van der Waals surface area contributed by atoms with Crippen molar-refractivity contribution in [3.8, 4) is 0 Å². The van der Waals surface area contributed by atoms with Gasteiger partial charge in [-0.15, -0.1) is 0 Å². The van der Waals surface area contributed by atoms with E-state index in [0.29, 0.717) is 6.54 Å². The summed E-state index contributed by atoms with van der Waals surface area (Å²) >= 11 is 0. The first-order chi connectivity index (χ1) is 14.4. The molecule has 0 spiro atoms. The Balaban J connectivity index is 1.27. The van der Waals surface area contributed by atoms with Gasteiger partial charge in [0, 0.05) is 17.8 Å². The molecule has 4 fully saturated rings. The summed E-state index contributed by atoms with van der Waals surface area (Å²) in [4.78, 5) is 30.7. The first-order valence-corrected chi connectivity index (χ1v) is 11.2. The zero-order chi connectivity index (χ0) is 20.9. The molecule has 1 atom stereocenters. The summed E-state index contributed by atoms with van der Waals surface area (Å²) in [6.45, 7) is 2.62. The third kappa shape index (κ3) is 3.62. The Labute approximate surface area is 177 Å². The fourth-order valence-corrected chi connectivity index (χ4v) is 6.51. The van der Waals surface area contributed by atoms with E-state index < -0.39 is 0 Å². The monoisotopic (exact) mass is 409 g/mol. The molecule has 1 unspecified atom stereocenters. The first kappa shape index (κ1) is 19.6. The van der Waals surface area contributed by atoms with Crippen molar-refractivity contribution in [1.29, 1.82) is 0 Å². The quantitative estimate of drug-likeness (QED) is 0.759. The van der Waals surface area contributed by atoms with Crippen molar-refractivity contribution >= 4 is 5.91 Å². The van der Waals surface area contributed by atoms with E-state index in [2.05, 4.69) is 22.1 Å². The number of furan rings is 1. The number of H-pyrrole nitrogens is 1. The number of hydrogen-bond donors (Lipinski definition) is 2. The SMILES string of the molecule is CC(c1ccco1)N(C)Cc1ccc(C(=O)NC23CC4CC(CC(C4)C2)C3)c(=O)[nH]1. The van der Waals surface area contributed by atoms with Crippen LogP contribution in [0.1, 0.15) is 73.3 Å². The molecule has 0 aliphatic heterocycles. The summed E-state index contributed by atoms with van der Waals surface area (Å²) in [5.74, 6) is 2.92. The second kappa shape index (κ2) is 7.41. The van der Waals surface area contributed by atoms with Gasteiger partial charge < -0.3 is 14.7 Å². The van der Waals surface area contributed by atoms with Crippen LogP contribution in [0.5, 0.6) is 0 Å². The maximum absolute atomic E-state index is 13.0. The number of aromatic nitrogens is 1. The normalized spacial score (nSPS) is 30.6. The highest BCUT2D eigenvalue weighted by molar-refractivity contribution is 5.94. The van der Waals surface area contributed by atoms with E-state index in [-0.39, 0.29) is 28.6 Å². The molecule has 6 nitrogen and oxygen atoms in total. The molecule has 0 aromatic carbocycles. The molecule has 6 rings (SSSR count). The van der Waals surface area contributed by atoms with Crippen LogP contribution < -0.4 is 10.9 Å². The molecule has 160 valence electrons. The van der Waals surface area contributed by atoms with Gasteiger partial charge in [0.25, 0.3) is 11.5 Å². The number of nitrogens with one attached hydrogen (secondary N) is 2. The molecule has 4 aliphatic carbocycles. The first-order valence-electron chi connectivity index (χ1n) is 11.2. The fourth-order valence-electron chi connectivity index (χ4n) is 6.51. The molecule has 4 saturated carbocycles. The molecule has 0 radical (unpaired) electrons. The predicted molar refractivity (Wildman–Crippen MR) is 114 cm³/mol. The van der Waals surface area contributed by atoms with Crippen LogP contribution in [0.15, 0.2) is 39.7 Å². The Morgan fingerprint density at radius 2 is 1.87 bits per heavy atom. The van der Waals surface area contributed by atoms with Crippen molar-refractivity contribution in [2.75, 3.05) is 7.05 Å². The number of hydrogen-bond acceptors (Lipinski definition) is 4. The lowest BCUT2D eigenvalue weighted by Crippen LogP contribution is -2.60. The molecule has 2 aromatic heterocycles. The maximum Gasteiger partial charge on any atom is 0.261 e. The lowest BCUT2D eigenvalue weighted by Gasteiger charge is -2.56. The molecule has 2 N–H and O–H groups in total. The fraction of sp³-hybridized carbons (Fsp3) is 0.583. The molecular formula is C24H31N3O3. The molecule has 2 heterocycles. The summed E-state index contributed by atoms with van der Waals surface area (Å²) in [7, 11) is 1.99. The van der Waals surface area contributed by atoms with Crippen molar-refractivity contribution in [1.82, 2.24) is 15.2 Å². The Morgan fingerprint density at radius 1 is 1.20 bits per heavy atom. The van der Waals surface area contributed by atoms with Crippen LogP contribution in [0.25, 0.3) is 0 Å². The zero-order valence-corrected chi connectivity index (χ0v) is 17.8. The van der Waals surface area contributed by atoms with Gasteiger partial charge in [0.05, 0.1) is 12.3 Å². The molecule has 1 amide bonds. The van der Waals surface area contributed by atoms with E-state index in [1.807, 2.05) is 25.2 Å². The summed E-state index contributed by atoms with van der Waals surface area (Å²) in [5.41, 5.74) is 0.604. The van der Waals surface area contributed by atoms with E-state index in [0.717, 1.165) is 48.5 Å². The van der Waals surface area contributed by atoms with E-state index >= 15 is 0 Å². The van der Waals surface area contributed by atoms with Crippen molar-refractivity contribution in [3.63, 3.8) is 0 Å². The third-order valence-corrected chi connectivity index (χ3v) is 7.67. The van der Waals surface area contributed by atoms with E-state index in [9.17, 15) is 9.59 Å². The van der Waals surface area contributed by atoms with Crippen LogP contribution in [0.3, 0.4) is 0 Å². The molecule has 30 heavy (non-hydrogen) atoms. The van der Waals surface area contributed by atoms with Crippen molar-refractivity contribution in [3.05, 3.63) is 57.9 Å². The highest BCUT2D eigenvalue weighted by Crippen LogP contribution is 2.55. The second-order valence-electron chi connectivity index (χ2n) is 9.98. The van der Waals surface area contributed by atoms with Gasteiger partial charge in [-0.25, -0.2) is 0 Å². The number of nitrogens with zero attached hydrogens (tertiary/aromatic N) is 1. The summed E-state index contributed by atoms with van der Waals surface area (Å²) in [6, 6.07) is 7.43. The average molecular weight is 410 g/mol. The van der Waals surface area contributed by atoms with Gasteiger partial charge >= 0.3 is 0 Å². The van der Waals surface area contributed by atoms with E-state index in [1.165, 1.54) is 19.3 Å². The molecule has 2 aromatic rings. The van der Waals surface area contributed by atoms with Gasteiger partial charge in [0.1, 0.15) is 11.3 Å². The van der Waals surface area contributed by atoms with Gasteiger partial charge in [0.2, 0.25) is 0 Å². The summed E-state index contributed by atoms with van der Waals surface area (Å²) in [6.07, 6.45) is 8.89. The van der Waals surface area contributed by atoms with Crippen molar-refractivity contribution in [2.45, 2.75) is 63.6 Å². The van der Waals surface area contributed by atoms with Crippen molar-refractivity contribution in [2.24, 2.45) is 17.8 Å². The molecule has 0 saturated heterocycles. The van der Waals surface area contributed by atoms with Gasteiger partial charge in [-0.1, -0.05) is 0 Å². The zero-order valence-electron chi connectivity index (χ0n) is 17.8. The van der Waals surface area contributed by atoms with Crippen LogP contribution >= 0.6 is 0 Å². The number of carbonyl (C=O) groups is 1. The smallest absolute Gasteiger partial charge is 0.261 e. The van der Waals surface area contributed by atoms with Crippen LogP contribution in [0.2, 0.25) is 0 Å². The topological polar surface area (TPSA) is 78.3 Å². The van der Waals surface area contributed by atoms with Gasteiger partial charge in [-0.05, 0) is 94.5 Å². The standard InChI is InChI=1S/C24H31N3O3/c1-15(21-4-3-7-30-21)27(2)14-19-5-6-20(22(28)25-19)23(29)26-24-11-16-8-17(12-24)10-18(9-16)13-24/h3-7,15-18H,8-14H2,1-2H3,(H,25,28)(H,26,29). The van der Waals surface area contributed by atoms with Crippen LogP contribution in [0, 0.1) is 17.8 Å². The Hall–Kier alpha value is -2.34. The third-order valence-electron chi connectivity index (χ3n) is 7.67. The van der Waals surface area contributed by atoms with E-state index in [1.54, 1.807) is 12.3 Å². The van der Waals surface area contributed by atoms with Crippen LogP contribution in [-0.4, -0.2) is 28.4 Å². The maximum atomic E-state index is 13.0. The number of amides is 1. The lowest BCUT2D eigenvalue weighted by molar-refractivity contribution is -0.0167. The Bertz CT molecular complexity index is 943. The molecule has 6 heteroatoms. The van der Waals surface area contributed by atoms with Crippen LogP contribution in [0.4, 0.5) is 0 Å². The van der Waals surface area contributed by atoms with Crippen molar-refractivity contribution < 1.29 is 9.21 Å². The minimum absolute atomic E-state index is 0.0857. The summed E-state index contributed by atoms with van der Waals surface area (Å²) < 4.78 is 5.48. The minimum Gasteiger partial charge on any atom is -0.468 e. The molecule has 4 bridgehead atoms. The minimum atomic E-state index is -0.311. The van der Waals surface area contributed by atoms with E-state index in [4.69, 9.17) is 4.42 Å².